The van der Waals surface area contributed by atoms with Crippen LogP contribution in [-0.4, -0.2) is 23.2 Å². The number of hydrogen-bond acceptors (Lipinski definition) is 3. The molecule has 0 aliphatic carbocycles. The van der Waals surface area contributed by atoms with Crippen molar-refractivity contribution < 1.29 is 9.53 Å². The number of ether oxygens (including phenoxy) is 1. The minimum Gasteiger partial charge on any atom is -0.443 e. The number of hydrogen-bond donors (Lipinski definition) is 0. The van der Waals surface area contributed by atoms with E-state index in [9.17, 15) is 4.79 Å². The Morgan fingerprint density at radius 1 is 1.50 bits per heavy atom. The first-order chi connectivity index (χ1) is 7.47. The lowest BCUT2D eigenvalue weighted by Gasteiger charge is -2.24. The van der Waals surface area contributed by atoms with Crippen molar-refractivity contribution in [3.63, 3.8) is 0 Å². The van der Waals surface area contributed by atoms with E-state index in [4.69, 9.17) is 4.74 Å². The highest BCUT2D eigenvalue weighted by atomic mass is 16.6. The predicted molar refractivity (Wildman–Crippen MR) is 61.5 cm³/mol. The summed E-state index contributed by atoms with van der Waals surface area (Å²) in [6, 6.07) is 1.94. The second-order valence-electron chi connectivity index (χ2n) is 4.89. The van der Waals surface area contributed by atoms with Gasteiger partial charge in [-0.05, 0) is 38.8 Å². The summed E-state index contributed by atoms with van der Waals surface area (Å²) in [7, 11) is 0. The van der Waals surface area contributed by atoms with Crippen LogP contribution in [-0.2, 0) is 11.2 Å². The molecule has 0 aromatic carbocycles. The monoisotopic (exact) mass is 220 g/mol. The second kappa shape index (κ2) is 3.77. The fraction of sp³-hybridized carbons (Fsp3) is 0.500. The van der Waals surface area contributed by atoms with Gasteiger partial charge in [0.1, 0.15) is 5.60 Å². The van der Waals surface area contributed by atoms with E-state index in [0.29, 0.717) is 6.54 Å². The highest BCUT2D eigenvalue weighted by Gasteiger charge is 2.28. The van der Waals surface area contributed by atoms with Crippen LogP contribution in [0.25, 0.3) is 0 Å². The molecule has 0 unspecified atom stereocenters. The molecule has 4 nitrogen and oxygen atoms in total. The lowest BCUT2D eigenvalue weighted by atomic mass is 10.2. The van der Waals surface area contributed by atoms with E-state index in [0.717, 1.165) is 17.7 Å². The first kappa shape index (κ1) is 10.9. The molecule has 1 aromatic rings. The molecule has 1 aromatic heterocycles. The molecule has 0 radical (unpaired) electrons. The molecule has 1 aliphatic rings. The summed E-state index contributed by atoms with van der Waals surface area (Å²) in [6.07, 6.45) is 4.04. The van der Waals surface area contributed by atoms with Gasteiger partial charge in [-0.15, -0.1) is 0 Å². The third kappa shape index (κ3) is 2.15. The number of rotatable bonds is 0. The van der Waals surface area contributed by atoms with Crippen LogP contribution in [0.1, 0.15) is 26.3 Å². The largest absolute Gasteiger partial charge is 0.443 e. The van der Waals surface area contributed by atoms with Gasteiger partial charge in [0.25, 0.3) is 0 Å². The predicted octanol–water partition coefficient (Wildman–Crippen LogP) is 2.38. The van der Waals surface area contributed by atoms with Crippen molar-refractivity contribution in [1.82, 2.24) is 4.98 Å². The molecule has 0 spiro atoms. The van der Waals surface area contributed by atoms with Gasteiger partial charge in [-0.1, -0.05) is 0 Å². The molecule has 0 fully saturated rings. The van der Waals surface area contributed by atoms with Gasteiger partial charge in [0, 0.05) is 12.7 Å². The average molecular weight is 220 g/mol. The highest BCUT2D eigenvalue weighted by Crippen LogP contribution is 2.27. The molecule has 86 valence electrons. The maximum Gasteiger partial charge on any atom is 0.414 e. The molecule has 0 saturated heterocycles. The lowest BCUT2D eigenvalue weighted by Crippen LogP contribution is -2.35. The Morgan fingerprint density at radius 2 is 2.25 bits per heavy atom. The van der Waals surface area contributed by atoms with Crippen molar-refractivity contribution in [2.75, 3.05) is 11.4 Å². The number of carbonyl (C=O) groups is 1. The van der Waals surface area contributed by atoms with Crippen LogP contribution in [0.3, 0.4) is 0 Å². The third-order valence-corrected chi connectivity index (χ3v) is 2.40. The van der Waals surface area contributed by atoms with Crippen molar-refractivity contribution in [3.8, 4) is 0 Å². The number of anilines is 1. The van der Waals surface area contributed by atoms with Crippen molar-refractivity contribution in [1.29, 1.82) is 0 Å². The van der Waals surface area contributed by atoms with Crippen molar-refractivity contribution in [2.45, 2.75) is 32.8 Å². The van der Waals surface area contributed by atoms with Gasteiger partial charge in [0.2, 0.25) is 0 Å². The van der Waals surface area contributed by atoms with E-state index in [-0.39, 0.29) is 6.09 Å². The summed E-state index contributed by atoms with van der Waals surface area (Å²) in [5.41, 5.74) is 1.57. The molecule has 2 heterocycles. The maximum absolute atomic E-state index is 11.9. The van der Waals surface area contributed by atoms with Crippen LogP contribution >= 0.6 is 0 Å². The molecular formula is C12H16N2O2. The molecule has 4 heteroatoms. The van der Waals surface area contributed by atoms with E-state index in [1.165, 1.54) is 0 Å². The van der Waals surface area contributed by atoms with Crippen LogP contribution in [0.4, 0.5) is 10.5 Å². The first-order valence-corrected chi connectivity index (χ1v) is 5.41. The number of fused-ring (bicyclic) bond motifs is 1. The summed E-state index contributed by atoms with van der Waals surface area (Å²) in [6.45, 7) is 6.28. The Bertz CT molecular complexity index is 410. The maximum atomic E-state index is 11.9. The Labute approximate surface area is 95.2 Å². The van der Waals surface area contributed by atoms with Gasteiger partial charge in [0.15, 0.2) is 0 Å². The van der Waals surface area contributed by atoms with E-state index in [1.807, 2.05) is 26.8 Å². The van der Waals surface area contributed by atoms with Gasteiger partial charge in [-0.3, -0.25) is 9.88 Å². The number of pyridine rings is 1. The van der Waals surface area contributed by atoms with E-state index < -0.39 is 5.60 Å². The normalized spacial score (nSPS) is 14.8. The molecule has 1 aliphatic heterocycles. The number of carbonyl (C=O) groups excluding carboxylic acids is 1. The summed E-state index contributed by atoms with van der Waals surface area (Å²) >= 11 is 0. The Kier molecular flexibility index (Phi) is 2.58. The number of aromatic nitrogens is 1. The van der Waals surface area contributed by atoms with Gasteiger partial charge in [0.05, 0.1) is 11.9 Å². The minimum absolute atomic E-state index is 0.292. The van der Waals surface area contributed by atoms with Gasteiger partial charge >= 0.3 is 6.09 Å². The fourth-order valence-electron chi connectivity index (χ4n) is 1.73. The minimum atomic E-state index is -0.456. The Hall–Kier alpha value is -1.58. The average Bonchev–Trinajstić information content (AvgIpc) is 2.58. The van der Waals surface area contributed by atoms with Gasteiger partial charge in [-0.2, -0.15) is 0 Å². The van der Waals surface area contributed by atoms with Crippen LogP contribution in [0, 0.1) is 0 Å². The standard InChI is InChI=1S/C12H16N2O2/c1-12(2,3)16-11(15)14-7-5-9-4-6-13-8-10(9)14/h4,6,8H,5,7H2,1-3H3. The summed E-state index contributed by atoms with van der Waals surface area (Å²) < 4.78 is 5.34. The first-order valence-electron chi connectivity index (χ1n) is 5.41. The number of nitrogens with zero attached hydrogens (tertiary/aromatic N) is 2. The van der Waals surface area contributed by atoms with E-state index in [2.05, 4.69) is 4.98 Å². The van der Waals surface area contributed by atoms with Crippen LogP contribution in [0.15, 0.2) is 18.5 Å². The molecule has 1 amide bonds. The summed E-state index contributed by atoms with van der Waals surface area (Å²) in [5, 5.41) is 0. The van der Waals surface area contributed by atoms with Crippen molar-refractivity contribution in [2.24, 2.45) is 0 Å². The molecule has 2 rings (SSSR count). The van der Waals surface area contributed by atoms with Crippen molar-refractivity contribution >= 4 is 11.8 Å². The smallest absolute Gasteiger partial charge is 0.414 e. The Balaban J connectivity index is 2.16. The Morgan fingerprint density at radius 3 is 2.94 bits per heavy atom. The second-order valence-corrected chi connectivity index (χ2v) is 4.89. The van der Waals surface area contributed by atoms with Crippen LogP contribution in [0.2, 0.25) is 0 Å². The summed E-state index contributed by atoms with van der Waals surface area (Å²) in [5.74, 6) is 0. The SMILES string of the molecule is CC(C)(C)OC(=O)N1CCc2ccncc21. The quantitative estimate of drug-likeness (QED) is 0.674. The molecule has 0 bridgehead atoms. The van der Waals surface area contributed by atoms with Crippen LogP contribution in [0.5, 0.6) is 0 Å². The van der Waals surface area contributed by atoms with Gasteiger partial charge in [-0.25, -0.2) is 4.79 Å². The fourth-order valence-corrected chi connectivity index (χ4v) is 1.73. The number of amides is 1. The van der Waals surface area contributed by atoms with Gasteiger partial charge < -0.3 is 4.74 Å². The third-order valence-electron chi connectivity index (χ3n) is 2.40. The van der Waals surface area contributed by atoms with Crippen LogP contribution < -0.4 is 4.90 Å². The molecule has 0 N–H and O–H groups in total. The zero-order valence-corrected chi connectivity index (χ0v) is 9.86. The molecule has 0 atom stereocenters. The topological polar surface area (TPSA) is 42.4 Å². The van der Waals surface area contributed by atoms with E-state index >= 15 is 0 Å². The molecular weight excluding hydrogens is 204 g/mol. The molecule has 0 saturated carbocycles. The zero-order valence-electron chi connectivity index (χ0n) is 9.86. The van der Waals surface area contributed by atoms with Crippen molar-refractivity contribution in [3.05, 3.63) is 24.0 Å². The highest BCUT2D eigenvalue weighted by molar-refractivity contribution is 5.90. The molecule has 16 heavy (non-hydrogen) atoms. The summed E-state index contributed by atoms with van der Waals surface area (Å²) in [4.78, 5) is 17.6. The van der Waals surface area contributed by atoms with E-state index in [1.54, 1.807) is 17.3 Å². The zero-order chi connectivity index (χ0) is 11.8. The lowest BCUT2D eigenvalue weighted by molar-refractivity contribution is 0.0584.